The summed E-state index contributed by atoms with van der Waals surface area (Å²) in [7, 11) is -0.638. The molecule has 1 amide bonds. The van der Waals surface area contributed by atoms with E-state index in [-0.39, 0.29) is 10.8 Å². The van der Waals surface area contributed by atoms with E-state index in [9.17, 15) is 13.2 Å². The highest BCUT2D eigenvalue weighted by Gasteiger charge is 2.18. The van der Waals surface area contributed by atoms with Gasteiger partial charge >= 0.3 is 0 Å². The number of halogens is 2. The first-order valence-corrected chi connectivity index (χ1v) is 11.4. The van der Waals surface area contributed by atoms with E-state index in [0.717, 1.165) is 14.7 Å². The minimum absolute atomic E-state index is 0.119. The number of hydrogen-bond donors (Lipinski definition) is 1. The lowest BCUT2D eigenvalue weighted by Crippen LogP contribution is -2.22. The molecule has 0 unspecified atom stereocenters. The maximum Gasteiger partial charge on any atom is 0.257 e. The van der Waals surface area contributed by atoms with Crippen molar-refractivity contribution in [3.8, 4) is 0 Å². The van der Waals surface area contributed by atoms with Crippen LogP contribution in [-0.4, -0.2) is 37.7 Å². The predicted molar refractivity (Wildman–Crippen MR) is 117 cm³/mol. The van der Waals surface area contributed by atoms with Crippen LogP contribution in [0.1, 0.15) is 20.8 Å². The summed E-state index contributed by atoms with van der Waals surface area (Å²) in [6.45, 7) is 0. The van der Waals surface area contributed by atoms with Gasteiger partial charge in [0, 0.05) is 37.2 Å². The summed E-state index contributed by atoms with van der Waals surface area (Å²) in [5, 5.41) is 4.15. The maximum absolute atomic E-state index is 12.4. The van der Waals surface area contributed by atoms with Crippen LogP contribution >= 0.6 is 34.5 Å². The molecule has 0 aliphatic rings. The Kier molecular flexibility index (Phi) is 6.60. The molecule has 0 atom stereocenters. The van der Waals surface area contributed by atoms with Gasteiger partial charge in [0.2, 0.25) is 10.0 Å². The van der Waals surface area contributed by atoms with Gasteiger partial charge in [0.1, 0.15) is 0 Å². The molecule has 0 aliphatic carbocycles. The number of anilines is 1. The highest BCUT2D eigenvalue weighted by molar-refractivity contribution is 7.89. The van der Waals surface area contributed by atoms with E-state index < -0.39 is 10.0 Å². The van der Waals surface area contributed by atoms with Crippen molar-refractivity contribution in [2.45, 2.75) is 11.3 Å². The predicted octanol–water partition coefficient (Wildman–Crippen LogP) is 4.54. The van der Waals surface area contributed by atoms with Gasteiger partial charge in [-0.1, -0.05) is 35.3 Å². The highest BCUT2D eigenvalue weighted by atomic mass is 35.5. The van der Waals surface area contributed by atoms with Gasteiger partial charge in [0.25, 0.3) is 5.91 Å². The van der Waals surface area contributed by atoms with Gasteiger partial charge in [-0.3, -0.25) is 10.1 Å². The largest absolute Gasteiger partial charge is 0.298 e. The number of carbonyl (C=O) groups is 1. The average molecular weight is 470 g/mol. The smallest absolute Gasteiger partial charge is 0.257 e. The lowest BCUT2D eigenvalue weighted by Gasteiger charge is -2.11. The average Bonchev–Trinajstić information content (AvgIpc) is 3.12. The molecule has 1 N–H and O–H groups in total. The second-order valence-corrected chi connectivity index (χ2v) is 10.3. The van der Waals surface area contributed by atoms with E-state index in [1.807, 2.05) is 12.1 Å². The molecule has 0 saturated heterocycles. The third-order valence-corrected chi connectivity index (χ3v) is 7.67. The number of amides is 1. The molecule has 3 rings (SSSR count). The Morgan fingerprint density at radius 1 is 1.14 bits per heavy atom. The number of benzene rings is 2. The molecular weight excluding hydrogens is 453 g/mol. The lowest BCUT2D eigenvalue weighted by molar-refractivity contribution is 0.102. The van der Waals surface area contributed by atoms with Crippen molar-refractivity contribution in [1.82, 2.24) is 9.29 Å². The standard InChI is InChI=1S/C19H17Cl2N3O3S2/c1-24(2)29(26,27)15-8-6-12(7-9-15)18(25)23-19-22-11-14(28-19)10-13-4-3-5-16(20)17(13)21/h3-9,11H,10H2,1-2H3,(H,22,23,25). The SMILES string of the molecule is CN(C)S(=O)(=O)c1ccc(C(=O)Nc2ncc(Cc3cccc(Cl)c3Cl)s2)cc1. The van der Waals surface area contributed by atoms with Crippen molar-refractivity contribution >= 4 is 55.6 Å². The molecule has 0 radical (unpaired) electrons. The zero-order valence-electron chi connectivity index (χ0n) is 15.5. The van der Waals surface area contributed by atoms with Gasteiger partial charge in [-0.05, 0) is 35.9 Å². The van der Waals surface area contributed by atoms with E-state index in [1.165, 1.54) is 49.7 Å². The van der Waals surface area contributed by atoms with E-state index in [4.69, 9.17) is 23.2 Å². The molecule has 0 saturated carbocycles. The molecule has 0 spiro atoms. The fourth-order valence-corrected chi connectivity index (χ4v) is 4.60. The van der Waals surface area contributed by atoms with E-state index in [0.29, 0.717) is 27.2 Å². The Balaban J connectivity index is 1.70. The summed E-state index contributed by atoms with van der Waals surface area (Å²) < 4.78 is 25.3. The minimum Gasteiger partial charge on any atom is -0.298 e. The first-order valence-electron chi connectivity index (χ1n) is 8.40. The van der Waals surface area contributed by atoms with Gasteiger partial charge in [-0.15, -0.1) is 11.3 Å². The Labute approximate surface area is 183 Å². The highest BCUT2D eigenvalue weighted by Crippen LogP contribution is 2.29. The van der Waals surface area contributed by atoms with Crippen LogP contribution in [0.2, 0.25) is 10.0 Å². The Morgan fingerprint density at radius 2 is 1.83 bits per heavy atom. The van der Waals surface area contributed by atoms with Crippen molar-refractivity contribution in [3.05, 3.63) is 74.7 Å². The summed E-state index contributed by atoms with van der Waals surface area (Å²) in [5.41, 5.74) is 1.20. The number of aromatic nitrogens is 1. The molecule has 3 aromatic rings. The van der Waals surface area contributed by atoms with Crippen molar-refractivity contribution in [3.63, 3.8) is 0 Å². The molecule has 0 bridgehead atoms. The van der Waals surface area contributed by atoms with Gasteiger partial charge in [0.15, 0.2) is 5.13 Å². The molecule has 152 valence electrons. The third kappa shape index (κ3) is 4.96. The van der Waals surface area contributed by atoms with E-state index in [2.05, 4.69) is 10.3 Å². The summed E-state index contributed by atoms with van der Waals surface area (Å²) >= 11 is 13.6. The Bertz CT molecular complexity index is 1140. The van der Waals surface area contributed by atoms with Crippen molar-refractivity contribution in [1.29, 1.82) is 0 Å². The molecule has 29 heavy (non-hydrogen) atoms. The van der Waals surface area contributed by atoms with Crippen LogP contribution in [0.25, 0.3) is 0 Å². The molecule has 1 heterocycles. The second kappa shape index (κ2) is 8.81. The summed E-state index contributed by atoms with van der Waals surface area (Å²) in [4.78, 5) is 17.7. The second-order valence-electron chi connectivity index (χ2n) is 6.29. The first kappa shape index (κ1) is 21.7. The number of thiazole rings is 1. The lowest BCUT2D eigenvalue weighted by atomic mass is 10.1. The summed E-state index contributed by atoms with van der Waals surface area (Å²) in [6.07, 6.45) is 2.22. The maximum atomic E-state index is 12.4. The van der Waals surface area contributed by atoms with Crippen molar-refractivity contribution < 1.29 is 13.2 Å². The Morgan fingerprint density at radius 3 is 2.48 bits per heavy atom. The third-order valence-electron chi connectivity index (χ3n) is 4.07. The fraction of sp³-hybridized carbons (Fsp3) is 0.158. The van der Waals surface area contributed by atoms with Crippen LogP contribution < -0.4 is 5.32 Å². The van der Waals surface area contributed by atoms with Crippen molar-refractivity contribution in [2.75, 3.05) is 19.4 Å². The van der Waals surface area contributed by atoms with Crippen LogP contribution in [0, 0.1) is 0 Å². The van der Waals surface area contributed by atoms with Crippen LogP contribution in [0.5, 0.6) is 0 Å². The number of hydrogen-bond acceptors (Lipinski definition) is 5. The summed E-state index contributed by atoms with van der Waals surface area (Å²) in [6, 6.07) is 11.2. The molecule has 1 aromatic heterocycles. The van der Waals surface area contributed by atoms with E-state index >= 15 is 0 Å². The number of nitrogens with one attached hydrogen (secondary N) is 1. The van der Waals surface area contributed by atoms with Crippen LogP contribution in [0.4, 0.5) is 5.13 Å². The number of rotatable bonds is 6. The monoisotopic (exact) mass is 469 g/mol. The first-order chi connectivity index (χ1) is 13.7. The van der Waals surface area contributed by atoms with E-state index in [1.54, 1.807) is 12.3 Å². The quantitative estimate of drug-likeness (QED) is 0.574. The molecule has 0 aliphatic heterocycles. The van der Waals surface area contributed by atoms with Gasteiger partial charge in [-0.25, -0.2) is 17.7 Å². The molecule has 10 heteroatoms. The molecular formula is C19H17Cl2N3O3S2. The van der Waals surface area contributed by atoms with Gasteiger partial charge in [0.05, 0.1) is 14.9 Å². The number of sulfonamides is 1. The minimum atomic E-state index is -3.54. The van der Waals surface area contributed by atoms with Gasteiger partial charge < -0.3 is 0 Å². The molecule has 0 fully saturated rings. The van der Waals surface area contributed by atoms with Crippen LogP contribution in [0.3, 0.4) is 0 Å². The molecule has 6 nitrogen and oxygen atoms in total. The summed E-state index contributed by atoms with van der Waals surface area (Å²) in [5.74, 6) is -0.375. The number of nitrogens with zero attached hydrogens (tertiary/aromatic N) is 2. The van der Waals surface area contributed by atoms with Gasteiger partial charge in [-0.2, -0.15) is 0 Å². The molecule has 2 aromatic carbocycles. The number of carbonyl (C=O) groups excluding carboxylic acids is 1. The van der Waals surface area contributed by atoms with Crippen LogP contribution in [-0.2, 0) is 16.4 Å². The Hall–Kier alpha value is -1.97. The zero-order valence-corrected chi connectivity index (χ0v) is 18.7. The zero-order chi connectivity index (χ0) is 21.2. The van der Waals surface area contributed by atoms with Crippen molar-refractivity contribution in [2.24, 2.45) is 0 Å². The topological polar surface area (TPSA) is 79.4 Å². The van der Waals surface area contributed by atoms with Crippen LogP contribution in [0.15, 0.2) is 53.6 Å². The fourth-order valence-electron chi connectivity index (χ4n) is 2.48. The normalized spacial score (nSPS) is 11.6.